The van der Waals surface area contributed by atoms with E-state index in [0.29, 0.717) is 5.57 Å². The molecule has 1 aromatic carbocycles. The summed E-state index contributed by atoms with van der Waals surface area (Å²) >= 11 is 0. The van der Waals surface area contributed by atoms with Crippen molar-refractivity contribution in [1.29, 1.82) is 5.26 Å². The van der Waals surface area contributed by atoms with E-state index in [2.05, 4.69) is 39.0 Å². The van der Waals surface area contributed by atoms with Crippen molar-refractivity contribution in [3.63, 3.8) is 0 Å². The van der Waals surface area contributed by atoms with Crippen LogP contribution in [0.1, 0.15) is 31.9 Å². The number of allylic oxidation sites excluding steroid dienone is 1. The van der Waals surface area contributed by atoms with E-state index in [-0.39, 0.29) is 5.41 Å². The fourth-order valence-electron chi connectivity index (χ4n) is 1.58. The standard InChI is InChI=1S/C15H20N2/c1-15(2,3)14-8-6-12(7-9-14)13(10-16)11-17(4)5/h6-9,11H,1-5H3. The highest BCUT2D eigenvalue weighted by Gasteiger charge is 2.13. The average Bonchev–Trinajstić information content (AvgIpc) is 2.24. The van der Waals surface area contributed by atoms with Gasteiger partial charge in [-0.2, -0.15) is 5.26 Å². The van der Waals surface area contributed by atoms with Crippen LogP contribution in [-0.4, -0.2) is 19.0 Å². The first-order chi connectivity index (χ1) is 7.84. The Bertz CT molecular complexity index is 439. The Labute approximate surface area is 104 Å². The molecule has 0 heterocycles. The third-order valence-electron chi connectivity index (χ3n) is 2.57. The molecule has 0 aliphatic heterocycles. The van der Waals surface area contributed by atoms with E-state index in [0.717, 1.165) is 5.56 Å². The fourth-order valence-corrected chi connectivity index (χ4v) is 1.58. The molecule has 0 atom stereocenters. The van der Waals surface area contributed by atoms with Gasteiger partial charge in [0, 0.05) is 20.3 Å². The Morgan fingerprint density at radius 1 is 1.18 bits per heavy atom. The first-order valence-corrected chi connectivity index (χ1v) is 5.74. The van der Waals surface area contributed by atoms with E-state index in [1.165, 1.54) is 5.56 Å². The van der Waals surface area contributed by atoms with E-state index >= 15 is 0 Å². The topological polar surface area (TPSA) is 27.0 Å². The molecule has 90 valence electrons. The molecule has 0 aliphatic carbocycles. The molecular formula is C15H20N2. The molecule has 0 aromatic heterocycles. The summed E-state index contributed by atoms with van der Waals surface area (Å²) in [4.78, 5) is 1.89. The number of hydrogen-bond donors (Lipinski definition) is 0. The first kappa shape index (κ1) is 13.3. The second-order valence-electron chi connectivity index (χ2n) is 5.45. The summed E-state index contributed by atoms with van der Waals surface area (Å²) in [5.74, 6) is 0. The molecular weight excluding hydrogens is 208 g/mol. The van der Waals surface area contributed by atoms with Gasteiger partial charge in [-0.1, -0.05) is 45.0 Å². The van der Waals surface area contributed by atoms with Crippen molar-refractivity contribution in [3.8, 4) is 6.07 Å². The minimum Gasteiger partial charge on any atom is -0.382 e. The third-order valence-corrected chi connectivity index (χ3v) is 2.57. The van der Waals surface area contributed by atoms with Crippen LogP contribution in [0.3, 0.4) is 0 Å². The summed E-state index contributed by atoms with van der Waals surface area (Å²) in [6, 6.07) is 10.4. The molecule has 0 spiro atoms. The van der Waals surface area contributed by atoms with Crippen molar-refractivity contribution in [3.05, 3.63) is 41.6 Å². The average molecular weight is 228 g/mol. The summed E-state index contributed by atoms with van der Waals surface area (Å²) < 4.78 is 0. The predicted octanol–water partition coefficient (Wildman–Crippen LogP) is 3.41. The minimum atomic E-state index is 0.149. The number of rotatable bonds is 2. The van der Waals surface area contributed by atoms with Crippen molar-refractivity contribution in [1.82, 2.24) is 4.90 Å². The fraction of sp³-hybridized carbons (Fsp3) is 0.400. The van der Waals surface area contributed by atoms with Gasteiger partial charge in [-0.15, -0.1) is 0 Å². The molecule has 0 radical (unpaired) electrons. The van der Waals surface area contributed by atoms with Gasteiger partial charge in [-0.3, -0.25) is 0 Å². The normalized spacial score (nSPS) is 12.1. The van der Waals surface area contributed by atoms with E-state index < -0.39 is 0 Å². The molecule has 2 heteroatoms. The molecule has 17 heavy (non-hydrogen) atoms. The number of benzene rings is 1. The van der Waals surface area contributed by atoms with Crippen LogP contribution in [0, 0.1) is 11.3 Å². The predicted molar refractivity (Wildman–Crippen MR) is 72.4 cm³/mol. The molecule has 1 aromatic rings. The number of nitrogens with zero attached hydrogens (tertiary/aromatic N) is 2. The van der Waals surface area contributed by atoms with Crippen LogP contribution in [0.5, 0.6) is 0 Å². The van der Waals surface area contributed by atoms with Gasteiger partial charge in [0.05, 0.1) is 5.57 Å². The summed E-state index contributed by atoms with van der Waals surface area (Å²) in [6.07, 6.45) is 1.84. The molecule has 0 unspecified atom stereocenters. The van der Waals surface area contributed by atoms with Crippen LogP contribution in [-0.2, 0) is 5.41 Å². The Kier molecular flexibility index (Phi) is 3.96. The quantitative estimate of drug-likeness (QED) is 0.725. The van der Waals surface area contributed by atoms with Gasteiger partial charge in [0.1, 0.15) is 6.07 Å². The maximum absolute atomic E-state index is 9.11. The Balaban J connectivity index is 3.07. The smallest absolute Gasteiger partial charge is 0.101 e. The van der Waals surface area contributed by atoms with Gasteiger partial charge >= 0.3 is 0 Å². The van der Waals surface area contributed by atoms with Crippen molar-refractivity contribution in [2.45, 2.75) is 26.2 Å². The van der Waals surface area contributed by atoms with E-state index in [1.54, 1.807) is 0 Å². The Morgan fingerprint density at radius 3 is 2.06 bits per heavy atom. The van der Waals surface area contributed by atoms with Gasteiger partial charge in [-0.25, -0.2) is 0 Å². The first-order valence-electron chi connectivity index (χ1n) is 5.74. The third kappa shape index (κ3) is 3.64. The lowest BCUT2D eigenvalue weighted by Crippen LogP contribution is -2.10. The molecule has 0 aliphatic rings. The zero-order valence-corrected chi connectivity index (χ0v) is 11.3. The minimum absolute atomic E-state index is 0.149. The van der Waals surface area contributed by atoms with E-state index in [4.69, 9.17) is 5.26 Å². The molecule has 0 N–H and O–H groups in total. The zero-order chi connectivity index (χ0) is 13.1. The van der Waals surface area contributed by atoms with Crippen LogP contribution in [0.15, 0.2) is 30.5 Å². The van der Waals surface area contributed by atoms with Crippen LogP contribution in [0.4, 0.5) is 0 Å². The highest BCUT2D eigenvalue weighted by molar-refractivity contribution is 5.76. The molecule has 0 saturated heterocycles. The second kappa shape index (κ2) is 5.05. The zero-order valence-electron chi connectivity index (χ0n) is 11.3. The molecule has 0 fully saturated rings. The molecule has 0 saturated carbocycles. The maximum Gasteiger partial charge on any atom is 0.101 e. The summed E-state index contributed by atoms with van der Waals surface area (Å²) in [7, 11) is 3.84. The lowest BCUT2D eigenvalue weighted by Gasteiger charge is -2.19. The van der Waals surface area contributed by atoms with E-state index in [1.807, 2.05) is 37.3 Å². The molecule has 0 bridgehead atoms. The van der Waals surface area contributed by atoms with Crippen LogP contribution >= 0.6 is 0 Å². The highest BCUT2D eigenvalue weighted by atomic mass is 15.0. The van der Waals surface area contributed by atoms with Crippen LogP contribution in [0.2, 0.25) is 0 Å². The lowest BCUT2D eigenvalue weighted by molar-refractivity contribution is 0.566. The Morgan fingerprint density at radius 2 is 1.71 bits per heavy atom. The summed E-state index contributed by atoms with van der Waals surface area (Å²) in [5, 5.41) is 9.11. The summed E-state index contributed by atoms with van der Waals surface area (Å²) in [5.41, 5.74) is 3.09. The maximum atomic E-state index is 9.11. The molecule has 0 amide bonds. The Hall–Kier alpha value is -1.75. The number of nitriles is 1. The van der Waals surface area contributed by atoms with Gasteiger partial charge in [0.15, 0.2) is 0 Å². The largest absolute Gasteiger partial charge is 0.382 e. The SMILES string of the molecule is CN(C)C=C(C#N)c1ccc(C(C)(C)C)cc1. The van der Waals surface area contributed by atoms with Crippen molar-refractivity contribution >= 4 is 5.57 Å². The van der Waals surface area contributed by atoms with Gasteiger partial charge in [-0.05, 0) is 16.5 Å². The molecule has 2 nitrogen and oxygen atoms in total. The van der Waals surface area contributed by atoms with Crippen molar-refractivity contribution in [2.75, 3.05) is 14.1 Å². The van der Waals surface area contributed by atoms with Gasteiger partial charge < -0.3 is 4.90 Å². The lowest BCUT2D eigenvalue weighted by atomic mass is 9.86. The van der Waals surface area contributed by atoms with Gasteiger partial charge in [0.25, 0.3) is 0 Å². The number of hydrogen-bond acceptors (Lipinski definition) is 2. The van der Waals surface area contributed by atoms with Crippen molar-refractivity contribution in [2.24, 2.45) is 0 Å². The van der Waals surface area contributed by atoms with Crippen LogP contribution in [0.25, 0.3) is 5.57 Å². The molecule has 1 rings (SSSR count). The second-order valence-corrected chi connectivity index (χ2v) is 5.45. The highest BCUT2D eigenvalue weighted by Crippen LogP contribution is 2.24. The van der Waals surface area contributed by atoms with Gasteiger partial charge in [0.2, 0.25) is 0 Å². The van der Waals surface area contributed by atoms with E-state index in [9.17, 15) is 0 Å². The van der Waals surface area contributed by atoms with Crippen LogP contribution < -0.4 is 0 Å². The van der Waals surface area contributed by atoms with Crippen molar-refractivity contribution < 1.29 is 0 Å². The monoisotopic (exact) mass is 228 g/mol. The summed E-state index contributed by atoms with van der Waals surface area (Å²) in [6.45, 7) is 6.55.